The lowest BCUT2D eigenvalue weighted by atomic mass is 9.98. The molecule has 0 amide bonds. The van der Waals surface area contributed by atoms with Crippen LogP contribution in [0.3, 0.4) is 0 Å². The molecule has 1 saturated heterocycles. The predicted molar refractivity (Wildman–Crippen MR) is 168 cm³/mol. The zero-order valence-corrected chi connectivity index (χ0v) is 26.9. The summed E-state index contributed by atoms with van der Waals surface area (Å²) in [6, 6.07) is 0. The van der Waals surface area contributed by atoms with Gasteiger partial charge in [0.05, 0.1) is 36.6 Å². The van der Waals surface area contributed by atoms with Gasteiger partial charge in [-0.25, -0.2) is 4.79 Å². The van der Waals surface area contributed by atoms with E-state index < -0.39 is 24.4 Å². The van der Waals surface area contributed by atoms with Gasteiger partial charge in [0.15, 0.2) is 0 Å². The smallest absolute Gasteiger partial charge is 0.334 e. The molecule has 0 aromatic carbocycles. The number of aliphatic hydroxyl groups excluding tert-OH is 4. The van der Waals surface area contributed by atoms with Gasteiger partial charge in [0.25, 0.3) is 0 Å². The normalized spacial score (nSPS) is 23.5. The quantitative estimate of drug-likeness (QED) is 0.0624. The number of unbranched alkanes of at least 4 members (excludes halogenated alkanes) is 13. The van der Waals surface area contributed by atoms with Crippen molar-refractivity contribution in [3.8, 4) is 0 Å². The van der Waals surface area contributed by atoms with Crippen LogP contribution in [-0.4, -0.2) is 69.1 Å². The molecule has 7 atom stereocenters. The van der Waals surface area contributed by atoms with Crippen LogP contribution in [0.2, 0.25) is 0 Å². The van der Waals surface area contributed by atoms with Crippen molar-refractivity contribution in [1.29, 1.82) is 0 Å². The van der Waals surface area contributed by atoms with E-state index in [1.807, 2.05) is 13.0 Å². The molecule has 0 aliphatic carbocycles. The SMILES string of the molecule is CCCCCCC[C@@H](O)[C@@H](O)CC[C@H](O)[C@@H]1CC[C@@H](CCCCCCCCCCCC[C@@H](O)CC2=C[C@H](C)OC2=O)O1. The van der Waals surface area contributed by atoms with Crippen molar-refractivity contribution in [3.05, 3.63) is 11.6 Å². The number of rotatable bonds is 26. The van der Waals surface area contributed by atoms with Crippen LogP contribution in [0.5, 0.6) is 0 Å². The third-order valence-corrected chi connectivity index (χ3v) is 9.14. The molecule has 246 valence electrons. The van der Waals surface area contributed by atoms with Crippen molar-refractivity contribution in [2.24, 2.45) is 0 Å². The molecule has 0 unspecified atom stereocenters. The average molecular weight is 597 g/mol. The fraction of sp³-hybridized carbons (Fsp3) is 0.914. The van der Waals surface area contributed by atoms with Gasteiger partial charge >= 0.3 is 5.97 Å². The first-order valence-corrected chi connectivity index (χ1v) is 17.6. The lowest BCUT2D eigenvalue weighted by molar-refractivity contribution is -0.139. The zero-order chi connectivity index (χ0) is 30.6. The Morgan fingerprint density at radius 3 is 1.93 bits per heavy atom. The molecule has 0 bridgehead atoms. The summed E-state index contributed by atoms with van der Waals surface area (Å²) in [5.74, 6) is -0.276. The number of carbonyl (C=O) groups excluding carboxylic acids is 1. The maximum Gasteiger partial charge on any atom is 0.334 e. The van der Waals surface area contributed by atoms with E-state index in [0.29, 0.717) is 31.3 Å². The zero-order valence-electron chi connectivity index (χ0n) is 26.9. The number of cyclic esters (lactones) is 1. The maximum absolute atomic E-state index is 11.6. The van der Waals surface area contributed by atoms with E-state index in [9.17, 15) is 25.2 Å². The molecule has 4 N–H and O–H groups in total. The van der Waals surface area contributed by atoms with Gasteiger partial charge in [-0.15, -0.1) is 0 Å². The number of aliphatic hydroxyl groups is 4. The molecule has 0 saturated carbocycles. The van der Waals surface area contributed by atoms with Gasteiger partial charge in [0, 0.05) is 12.0 Å². The Hall–Kier alpha value is -0.990. The van der Waals surface area contributed by atoms with Crippen LogP contribution in [0.1, 0.15) is 162 Å². The van der Waals surface area contributed by atoms with Gasteiger partial charge in [-0.3, -0.25) is 0 Å². The molecule has 7 nitrogen and oxygen atoms in total. The van der Waals surface area contributed by atoms with Gasteiger partial charge in [0.1, 0.15) is 6.10 Å². The Labute approximate surface area is 256 Å². The molecule has 0 spiro atoms. The van der Waals surface area contributed by atoms with E-state index in [4.69, 9.17) is 9.47 Å². The highest BCUT2D eigenvalue weighted by Gasteiger charge is 2.31. The van der Waals surface area contributed by atoms with Gasteiger partial charge in [-0.2, -0.15) is 0 Å². The topological polar surface area (TPSA) is 116 Å². The van der Waals surface area contributed by atoms with Crippen molar-refractivity contribution in [2.45, 2.75) is 204 Å². The fourth-order valence-corrected chi connectivity index (χ4v) is 6.40. The van der Waals surface area contributed by atoms with Crippen LogP contribution in [0, 0.1) is 0 Å². The second-order valence-corrected chi connectivity index (χ2v) is 13.1. The molecule has 0 aromatic heterocycles. The van der Waals surface area contributed by atoms with Gasteiger partial charge in [0.2, 0.25) is 0 Å². The van der Waals surface area contributed by atoms with Crippen molar-refractivity contribution in [2.75, 3.05) is 0 Å². The summed E-state index contributed by atoms with van der Waals surface area (Å²) >= 11 is 0. The van der Waals surface area contributed by atoms with Crippen molar-refractivity contribution in [1.82, 2.24) is 0 Å². The molecule has 2 aliphatic rings. The Kier molecular flexibility index (Phi) is 19.9. The fourth-order valence-electron chi connectivity index (χ4n) is 6.40. The minimum Gasteiger partial charge on any atom is -0.455 e. The lowest BCUT2D eigenvalue weighted by Crippen LogP contribution is -2.31. The van der Waals surface area contributed by atoms with Crippen molar-refractivity contribution in [3.63, 3.8) is 0 Å². The molecule has 2 rings (SSSR count). The summed E-state index contributed by atoms with van der Waals surface area (Å²) in [5, 5.41) is 41.2. The Bertz CT molecular complexity index is 726. The molecule has 0 radical (unpaired) electrons. The van der Waals surface area contributed by atoms with Crippen LogP contribution in [0.4, 0.5) is 0 Å². The Morgan fingerprint density at radius 2 is 1.31 bits per heavy atom. The number of hydrogen-bond acceptors (Lipinski definition) is 7. The second kappa shape index (κ2) is 22.5. The molecule has 42 heavy (non-hydrogen) atoms. The molecule has 1 fully saturated rings. The predicted octanol–water partition coefficient (Wildman–Crippen LogP) is 7.06. The van der Waals surface area contributed by atoms with Crippen LogP contribution in [0.25, 0.3) is 0 Å². The third-order valence-electron chi connectivity index (χ3n) is 9.14. The highest BCUT2D eigenvalue weighted by atomic mass is 16.5. The molecular weight excluding hydrogens is 532 g/mol. The van der Waals surface area contributed by atoms with E-state index in [1.54, 1.807) is 0 Å². The number of carbonyl (C=O) groups is 1. The maximum atomic E-state index is 11.6. The summed E-state index contributed by atoms with van der Waals surface area (Å²) in [6.45, 7) is 4.03. The number of hydrogen-bond donors (Lipinski definition) is 4. The van der Waals surface area contributed by atoms with E-state index in [1.165, 1.54) is 70.6 Å². The molecule has 0 aromatic rings. The molecular formula is C35H64O7. The first kappa shape index (κ1) is 37.2. The number of ether oxygens (including phenoxy) is 2. The summed E-state index contributed by atoms with van der Waals surface area (Å²) in [4.78, 5) is 11.6. The van der Waals surface area contributed by atoms with Gasteiger partial charge < -0.3 is 29.9 Å². The van der Waals surface area contributed by atoms with E-state index >= 15 is 0 Å². The largest absolute Gasteiger partial charge is 0.455 e. The van der Waals surface area contributed by atoms with Gasteiger partial charge in [-0.1, -0.05) is 103 Å². The summed E-state index contributed by atoms with van der Waals surface area (Å²) < 4.78 is 11.2. The number of esters is 1. The summed E-state index contributed by atoms with van der Waals surface area (Å²) in [5.41, 5.74) is 0.622. The summed E-state index contributed by atoms with van der Waals surface area (Å²) in [6.07, 6.45) is 22.7. The van der Waals surface area contributed by atoms with E-state index in [0.717, 1.165) is 51.4 Å². The molecule has 2 heterocycles. The lowest BCUT2D eigenvalue weighted by Gasteiger charge is -2.22. The van der Waals surface area contributed by atoms with Crippen LogP contribution >= 0.6 is 0 Å². The molecule has 7 heteroatoms. The monoisotopic (exact) mass is 596 g/mol. The average Bonchev–Trinajstić information content (AvgIpc) is 3.57. The minimum absolute atomic E-state index is 0.135. The Balaban J connectivity index is 1.37. The second-order valence-electron chi connectivity index (χ2n) is 13.1. The first-order chi connectivity index (χ1) is 20.3. The third kappa shape index (κ3) is 16.2. The van der Waals surface area contributed by atoms with E-state index in [2.05, 4.69) is 6.92 Å². The van der Waals surface area contributed by atoms with Crippen LogP contribution in [-0.2, 0) is 14.3 Å². The molecule has 2 aliphatic heterocycles. The van der Waals surface area contributed by atoms with Crippen molar-refractivity contribution >= 4 is 5.97 Å². The van der Waals surface area contributed by atoms with Crippen LogP contribution in [0.15, 0.2) is 11.6 Å². The highest BCUT2D eigenvalue weighted by molar-refractivity contribution is 5.90. The van der Waals surface area contributed by atoms with Crippen molar-refractivity contribution < 1.29 is 34.7 Å². The highest BCUT2D eigenvalue weighted by Crippen LogP contribution is 2.28. The standard InChI is InChI=1S/C35H64O7/c1-3-4-5-12-17-20-31(37)32(38)22-23-33(39)34-24-21-30(42-34)19-16-14-11-9-7-6-8-10-13-15-18-29(36)26-28-25-27(2)41-35(28)40/h25,27,29-34,36-39H,3-24,26H2,1-2H3/t27-,29+,30+,31+,32-,33-,34-/m0/s1. The summed E-state index contributed by atoms with van der Waals surface area (Å²) in [7, 11) is 0. The minimum atomic E-state index is -0.763. The first-order valence-electron chi connectivity index (χ1n) is 17.6. The van der Waals surface area contributed by atoms with Crippen LogP contribution < -0.4 is 0 Å². The van der Waals surface area contributed by atoms with Gasteiger partial charge in [-0.05, 0) is 57.9 Å². The van der Waals surface area contributed by atoms with E-state index in [-0.39, 0.29) is 24.3 Å². The Morgan fingerprint density at radius 1 is 0.738 bits per heavy atom.